The summed E-state index contributed by atoms with van der Waals surface area (Å²) in [6.45, 7) is 2.93. The lowest BCUT2D eigenvalue weighted by molar-refractivity contribution is -0.133. The Morgan fingerprint density at radius 1 is 1.00 bits per heavy atom. The lowest BCUT2D eigenvalue weighted by Gasteiger charge is -2.27. The Balaban J connectivity index is 1.50. The first-order valence-electron chi connectivity index (χ1n) is 11.4. The lowest BCUT2D eigenvalue weighted by atomic mass is 10.2. The molecule has 0 unspecified atom stereocenters. The van der Waals surface area contributed by atoms with Crippen molar-refractivity contribution >= 4 is 29.2 Å². The summed E-state index contributed by atoms with van der Waals surface area (Å²) in [5.74, 6) is 2.46. The number of halogens is 1. The summed E-state index contributed by atoms with van der Waals surface area (Å²) >= 11 is 5.94. The zero-order valence-corrected chi connectivity index (χ0v) is 20.9. The molecule has 0 radical (unpaired) electrons. The van der Waals surface area contributed by atoms with Crippen molar-refractivity contribution in [2.45, 2.75) is 20.0 Å². The van der Waals surface area contributed by atoms with Gasteiger partial charge >= 0.3 is 6.03 Å². The minimum atomic E-state index is -0.417. The largest absolute Gasteiger partial charge is 0.464 e. The van der Waals surface area contributed by atoms with E-state index >= 15 is 0 Å². The van der Waals surface area contributed by atoms with E-state index in [-0.39, 0.29) is 38.9 Å². The average Bonchev–Trinajstić information content (AvgIpc) is 3.50. The monoisotopic (exact) mass is 513 g/mol. The van der Waals surface area contributed by atoms with Crippen LogP contribution in [0.4, 0.5) is 10.5 Å². The molecule has 10 heteroatoms. The van der Waals surface area contributed by atoms with Crippen LogP contribution >= 0.6 is 11.6 Å². The molecular formula is C26H28ClN3O6. The highest BCUT2D eigenvalue weighted by Crippen LogP contribution is 2.33. The van der Waals surface area contributed by atoms with Crippen LogP contribution in [0.15, 0.2) is 59.0 Å². The number of anilines is 1. The highest BCUT2D eigenvalue weighted by molar-refractivity contribution is 6.30. The highest BCUT2D eigenvalue weighted by Gasteiger charge is 2.24. The van der Waals surface area contributed by atoms with Crippen molar-refractivity contribution in [3.63, 3.8) is 0 Å². The van der Waals surface area contributed by atoms with Gasteiger partial charge in [-0.1, -0.05) is 17.7 Å². The molecule has 0 atom stereocenters. The number of carbonyl (C=O) groups is 2. The standard InChI is InChI=1S/C26H28ClN3O6/c1-18-3-9-22(36-18)15-30(14-19-4-10-23-24(13-19)35-17-34-23)25(31)16-29(11-12-33-2)26(32)28-21-7-5-20(27)6-8-21/h3-10,13H,11-12,14-17H2,1-2H3,(H,28,32). The van der Waals surface area contributed by atoms with E-state index in [0.717, 1.165) is 11.3 Å². The zero-order valence-electron chi connectivity index (χ0n) is 20.2. The van der Waals surface area contributed by atoms with Crippen LogP contribution in [-0.2, 0) is 22.6 Å². The number of amides is 3. The fourth-order valence-electron chi connectivity index (χ4n) is 3.70. The number of aryl methyl sites for hydroxylation is 1. The Bertz CT molecular complexity index is 1200. The van der Waals surface area contributed by atoms with Gasteiger partial charge in [-0.3, -0.25) is 4.79 Å². The number of rotatable bonds is 10. The molecule has 1 aliphatic rings. The second-order valence-electron chi connectivity index (χ2n) is 8.30. The second kappa shape index (κ2) is 11.8. The number of ether oxygens (including phenoxy) is 3. The fraction of sp³-hybridized carbons (Fsp3) is 0.308. The molecule has 1 aromatic heterocycles. The van der Waals surface area contributed by atoms with E-state index in [9.17, 15) is 9.59 Å². The van der Waals surface area contributed by atoms with E-state index in [2.05, 4.69) is 5.32 Å². The summed E-state index contributed by atoms with van der Waals surface area (Å²) in [7, 11) is 1.54. The smallest absolute Gasteiger partial charge is 0.322 e. The Kier molecular flexibility index (Phi) is 8.35. The molecule has 0 spiro atoms. The van der Waals surface area contributed by atoms with Crippen LogP contribution in [0.2, 0.25) is 5.02 Å². The molecule has 0 saturated carbocycles. The Hall–Kier alpha value is -3.69. The summed E-state index contributed by atoms with van der Waals surface area (Å²) in [5.41, 5.74) is 1.44. The van der Waals surface area contributed by atoms with Gasteiger partial charge in [0.15, 0.2) is 11.5 Å². The molecule has 0 fully saturated rings. The molecule has 1 aliphatic heterocycles. The summed E-state index contributed by atoms with van der Waals surface area (Å²) in [6, 6.07) is 15.6. The summed E-state index contributed by atoms with van der Waals surface area (Å²) < 4.78 is 21.7. The minimum Gasteiger partial charge on any atom is -0.464 e. The first-order chi connectivity index (χ1) is 17.4. The lowest BCUT2D eigenvalue weighted by Crippen LogP contribution is -2.45. The molecule has 190 valence electrons. The van der Waals surface area contributed by atoms with Gasteiger partial charge in [0, 0.05) is 30.9 Å². The van der Waals surface area contributed by atoms with E-state index in [1.54, 1.807) is 36.3 Å². The summed E-state index contributed by atoms with van der Waals surface area (Å²) in [5, 5.41) is 3.37. The number of benzene rings is 2. The SMILES string of the molecule is COCCN(CC(=O)N(Cc1ccc2c(c1)OCO2)Cc1ccc(C)o1)C(=O)Nc1ccc(Cl)cc1. The first-order valence-corrected chi connectivity index (χ1v) is 11.8. The van der Waals surface area contributed by atoms with Crippen molar-refractivity contribution in [3.05, 3.63) is 76.7 Å². The topological polar surface area (TPSA) is 93.5 Å². The maximum absolute atomic E-state index is 13.5. The van der Waals surface area contributed by atoms with E-state index in [4.69, 9.17) is 30.2 Å². The molecule has 9 nitrogen and oxygen atoms in total. The minimum absolute atomic E-state index is 0.146. The van der Waals surface area contributed by atoms with Crippen molar-refractivity contribution in [2.75, 3.05) is 38.9 Å². The van der Waals surface area contributed by atoms with Crippen molar-refractivity contribution in [1.82, 2.24) is 9.80 Å². The quantitative estimate of drug-likeness (QED) is 0.423. The number of carbonyl (C=O) groups excluding carboxylic acids is 2. The van der Waals surface area contributed by atoms with E-state index in [0.29, 0.717) is 34.5 Å². The number of urea groups is 1. The molecule has 3 amide bonds. The molecule has 0 bridgehead atoms. The maximum atomic E-state index is 13.5. The van der Waals surface area contributed by atoms with Gasteiger partial charge in [-0.05, 0) is 61.0 Å². The van der Waals surface area contributed by atoms with Crippen LogP contribution in [-0.4, -0.2) is 55.3 Å². The van der Waals surface area contributed by atoms with Gasteiger partial charge in [0.05, 0.1) is 13.2 Å². The number of fused-ring (bicyclic) bond motifs is 1. The summed E-state index contributed by atoms with van der Waals surface area (Å²) in [6.07, 6.45) is 0. The maximum Gasteiger partial charge on any atom is 0.322 e. The molecule has 2 heterocycles. The van der Waals surface area contributed by atoms with Crippen LogP contribution in [0.5, 0.6) is 11.5 Å². The van der Waals surface area contributed by atoms with Gasteiger partial charge in [0.25, 0.3) is 0 Å². The molecule has 3 aromatic rings. The Morgan fingerprint density at radius 2 is 1.78 bits per heavy atom. The molecule has 36 heavy (non-hydrogen) atoms. The predicted molar refractivity (Wildman–Crippen MR) is 134 cm³/mol. The third kappa shape index (κ3) is 6.71. The molecule has 2 aromatic carbocycles. The molecule has 0 saturated heterocycles. The van der Waals surface area contributed by atoms with Gasteiger partial charge < -0.3 is 33.7 Å². The third-order valence-corrected chi connectivity index (χ3v) is 5.83. The zero-order chi connectivity index (χ0) is 25.5. The number of methoxy groups -OCH3 is 1. The van der Waals surface area contributed by atoms with Crippen LogP contribution in [0.3, 0.4) is 0 Å². The number of hydrogen-bond donors (Lipinski definition) is 1. The van der Waals surface area contributed by atoms with Crippen LogP contribution in [0.25, 0.3) is 0 Å². The van der Waals surface area contributed by atoms with Crippen molar-refractivity contribution in [1.29, 1.82) is 0 Å². The fourth-order valence-corrected chi connectivity index (χ4v) is 3.83. The van der Waals surface area contributed by atoms with E-state index in [1.165, 1.54) is 4.90 Å². The molecular weight excluding hydrogens is 486 g/mol. The first kappa shape index (κ1) is 25.4. The molecule has 4 rings (SSSR count). The average molecular weight is 514 g/mol. The normalized spacial score (nSPS) is 11.9. The van der Waals surface area contributed by atoms with Crippen LogP contribution in [0, 0.1) is 6.92 Å². The second-order valence-corrected chi connectivity index (χ2v) is 8.74. The van der Waals surface area contributed by atoms with E-state index < -0.39 is 6.03 Å². The van der Waals surface area contributed by atoms with Gasteiger partial charge in [0.1, 0.15) is 18.1 Å². The predicted octanol–water partition coefficient (Wildman–Crippen LogP) is 4.68. The number of furan rings is 1. The van der Waals surface area contributed by atoms with Crippen molar-refractivity contribution in [3.8, 4) is 11.5 Å². The van der Waals surface area contributed by atoms with Crippen molar-refractivity contribution in [2.24, 2.45) is 0 Å². The number of nitrogens with zero attached hydrogens (tertiary/aromatic N) is 2. The van der Waals surface area contributed by atoms with E-state index in [1.807, 2.05) is 37.3 Å². The third-order valence-electron chi connectivity index (χ3n) is 5.58. The van der Waals surface area contributed by atoms with Gasteiger partial charge in [-0.15, -0.1) is 0 Å². The summed E-state index contributed by atoms with van der Waals surface area (Å²) in [4.78, 5) is 29.6. The van der Waals surface area contributed by atoms with Gasteiger partial charge in [0.2, 0.25) is 12.7 Å². The Labute approximate surface area is 214 Å². The van der Waals surface area contributed by atoms with Crippen molar-refractivity contribution < 1.29 is 28.2 Å². The van der Waals surface area contributed by atoms with Gasteiger partial charge in [-0.25, -0.2) is 4.79 Å². The van der Waals surface area contributed by atoms with Crippen LogP contribution in [0.1, 0.15) is 17.1 Å². The molecule has 1 N–H and O–H groups in total. The number of hydrogen-bond acceptors (Lipinski definition) is 6. The number of nitrogens with one attached hydrogen (secondary N) is 1. The van der Waals surface area contributed by atoms with Gasteiger partial charge in [-0.2, -0.15) is 0 Å². The Morgan fingerprint density at radius 3 is 2.50 bits per heavy atom. The van der Waals surface area contributed by atoms with Crippen LogP contribution < -0.4 is 14.8 Å². The molecule has 0 aliphatic carbocycles. The highest BCUT2D eigenvalue weighted by atomic mass is 35.5.